The van der Waals surface area contributed by atoms with Crippen LogP contribution in [0.3, 0.4) is 0 Å². The molecule has 0 atom stereocenters. The number of carboxylic acid groups (broad SMARTS) is 1. The van der Waals surface area contributed by atoms with Crippen molar-refractivity contribution in [3.8, 4) is 11.1 Å². The molecule has 0 unspecified atom stereocenters. The summed E-state index contributed by atoms with van der Waals surface area (Å²) in [6.45, 7) is 0.537. The van der Waals surface area contributed by atoms with Crippen molar-refractivity contribution in [3.63, 3.8) is 0 Å². The van der Waals surface area contributed by atoms with Crippen molar-refractivity contribution in [1.29, 1.82) is 0 Å². The lowest BCUT2D eigenvalue weighted by atomic mass is 9.89. The maximum Gasteiger partial charge on any atom is 0.331 e. The molecule has 0 saturated carbocycles. The second kappa shape index (κ2) is 5.54. The summed E-state index contributed by atoms with van der Waals surface area (Å²) in [5.41, 5.74) is 11.6. The van der Waals surface area contributed by atoms with Crippen molar-refractivity contribution < 1.29 is 9.90 Å². The molecule has 0 aromatic heterocycles. The maximum atomic E-state index is 11.1. The zero-order valence-electron chi connectivity index (χ0n) is 11.7. The van der Waals surface area contributed by atoms with Crippen molar-refractivity contribution in [1.82, 2.24) is 0 Å². The monoisotopic (exact) mass is 279 g/mol. The van der Waals surface area contributed by atoms with E-state index in [2.05, 4.69) is 30.3 Å². The van der Waals surface area contributed by atoms with Gasteiger partial charge in [0.15, 0.2) is 0 Å². The molecule has 3 heteroatoms. The van der Waals surface area contributed by atoms with Crippen LogP contribution in [0.1, 0.15) is 23.1 Å². The highest BCUT2D eigenvalue weighted by molar-refractivity contribution is 5.93. The molecule has 0 aliphatic heterocycles. The number of hydrogen-bond acceptors (Lipinski definition) is 2. The number of aliphatic carboxylic acids is 1. The van der Waals surface area contributed by atoms with E-state index in [0.29, 0.717) is 18.5 Å². The van der Waals surface area contributed by atoms with Gasteiger partial charge in [0.05, 0.1) is 0 Å². The Hall–Kier alpha value is -2.39. The molecule has 0 spiro atoms. The van der Waals surface area contributed by atoms with Crippen LogP contribution in [0.15, 0.2) is 48.0 Å². The number of carboxylic acids is 1. The molecule has 0 saturated heterocycles. The summed E-state index contributed by atoms with van der Waals surface area (Å²) in [6.07, 6.45) is 3.19. The average Bonchev–Trinajstić information content (AvgIpc) is 2.54. The van der Waals surface area contributed by atoms with Gasteiger partial charge >= 0.3 is 5.97 Å². The van der Waals surface area contributed by atoms with Gasteiger partial charge in [-0.2, -0.15) is 0 Å². The molecule has 0 fully saturated rings. The van der Waals surface area contributed by atoms with Gasteiger partial charge in [-0.1, -0.05) is 36.4 Å². The van der Waals surface area contributed by atoms with Gasteiger partial charge in [0, 0.05) is 12.1 Å². The molecule has 0 amide bonds. The van der Waals surface area contributed by atoms with E-state index in [1.165, 1.54) is 5.56 Å². The molecule has 1 aliphatic carbocycles. The Kier molecular flexibility index (Phi) is 3.59. The molecule has 2 aromatic rings. The highest BCUT2D eigenvalue weighted by Gasteiger charge is 2.15. The fourth-order valence-corrected chi connectivity index (χ4v) is 2.67. The van der Waals surface area contributed by atoms with Crippen LogP contribution in [-0.4, -0.2) is 11.1 Å². The van der Waals surface area contributed by atoms with Gasteiger partial charge in [-0.25, -0.2) is 4.79 Å². The van der Waals surface area contributed by atoms with E-state index < -0.39 is 5.97 Å². The van der Waals surface area contributed by atoms with Crippen LogP contribution in [0.2, 0.25) is 0 Å². The molecule has 106 valence electrons. The van der Waals surface area contributed by atoms with E-state index in [-0.39, 0.29) is 0 Å². The van der Waals surface area contributed by atoms with Crippen molar-refractivity contribution in [2.45, 2.75) is 19.4 Å². The quantitative estimate of drug-likeness (QED) is 0.906. The van der Waals surface area contributed by atoms with E-state index in [0.717, 1.165) is 28.7 Å². The van der Waals surface area contributed by atoms with Gasteiger partial charge < -0.3 is 10.8 Å². The fourth-order valence-electron chi connectivity index (χ4n) is 2.67. The second-order valence-corrected chi connectivity index (χ2v) is 5.29. The molecular formula is C18H17NO2. The van der Waals surface area contributed by atoms with Crippen LogP contribution in [0.5, 0.6) is 0 Å². The first kappa shape index (κ1) is 13.6. The van der Waals surface area contributed by atoms with Gasteiger partial charge in [0.1, 0.15) is 0 Å². The van der Waals surface area contributed by atoms with Crippen LogP contribution in [0.4, 0.5) is 0 Å². The number of fused-ring (bicyclic) bond motifs is 1. The highest BCUT2D eigenvalue weighted by Crippen LogP contribution is 2.29. The van der Waals surface area contributed by atoms with E-state index in [1.807, 2.05) is 12.1 Å². The summed E-state index contributed by atoms with van der Waals surface area (Å²) in [5.74, 6) is -0.821. The lowest BCUT2D eigenvalue weighted by molar-refractivity contribution is -0.132. The minimum absolute atomic E-state index is 0.484. The summed E-state index contributed by atoms with van der Waals surface area (Å²) in [5, 5.41) is 9.13. The largest absolute Gasteiger partial charge is 0.478 e. The van der Waals surface area contributed by atoms with Crippen molar-refractivity contribution in [3.05, 3.63) is 64.7 Å². The molecule has 3 N–H and O–H groups in total. The predicted molar refractivity (Wildman–Crippen MR) is 83.7 cm³/mol. The maximum absolute atomic E-state index is 11.1. The van der Waals surface area contributed by atoms with Crippen LogP contribution in [0, 0.1) is 0 Å². The molecule has 21 heavy (non-hydrogen) atoms. The third-order valence-electron chi connectivity index (χ3n) is 3.94. The Morgan fingerprint density at radius 2 is 1.76 bits per heavy atom. The summed E-state index contributed by atoms with van der Waals surface area (Å²) in [4.78, 5) is 11.1. The fraction of sp³-hybridized carbons (Fsp3) is 0.167. The first-order valence-electron chi connectivity index (χ1n) is 7.03. The van der Waals surface area contributed by atoms with Crippen molar-refractivity contribution >= 4 is 12.0 Å². The number of aryl methyl sites for hydroxylation is 1. The van der Waals surface area contributed by atoms with Crippen LogP contribution in [-0.2, 0) is 17.8 Å². The predicted octanol–water partition coefficient (Wildman–Crippen LogP) is 3.23. The SMILES string of the molecule is NCc1ccc(-c2ccc3c(c2)C=C(C(=O)O)CC3)cc1. The third-order valence-corrected chi connectivity index (χ3v) is 3.94. The Labute approximate surface area is 123 Å². The topological polar surface area (TPSA) is 63.3 Å². The Morgan fingerprint density at radius 3 is 2.43 bits per heavy atom. The van der Waals surface area contributed by atoms with Gasteiger partial charge in [0.2, 0.25) is 0 Å². The summed E-state index contributed by atoms with van der Waals surface area (Å²) in [6, 6.07) is 14.4. The lowest BCUT2D eigenvalue weighted by Crippen LogP contribution is -2.07. The Balaban J connectivity index is 1.99. The Bertz CT molecular complexity index is 714. The smallest absolute Gasteiger partial charge is 0.331 e. The molecule has 2 aromatic carbocycles. The van der Waals surface area contributed by atoms with Crippen molar-refractivity contribution in [2.24, 2.45) is 5.73 Å². The van der Waals surface area contributed by atoms with Gasteiger partial charge in [0.25, 0.3) is 0 Å². The first-order valence-corrected chi connectivity index (χ1v) is 7.03. The lowest BCUT2D eigenvalue weighted by Gasteiger charge is -2.15. The zero-order chi connectivity index (χ0) is 14.8. The molecule has 3 nitrogen and oxygen atoms in total. The molecular weight excluding hydrogens is 262 g/mol. The molecule has 3 rings (SSSR count). The minimum Gasteiger partial charge on any atom is -0.478 e. The first-order chi connectivity index (χ1) is 10.2. The summed E-state index contributed by atoms with van der Waals surface area (Å²) in [7, 11) is 0. The molecule has 0 radical (unpaired) electrons. The molecule has 0 heterocycles. The van der Waals surface area contributed by atoms with E-state index in [1.54, 1.807) is 6.08 Å². The Morgan fingerprint density at radius 1 is 1.05 bits per heavy atom. The second-order valence-electron chi connectivity index (χ2n) is 5.29. The zero-order valence-corrected chi connectivity index (χ0v) is 11.7. The van der Waals surface area contributed by atoms with Gasteiger partial charge in [-0.05, 0) is 52.8 Å². The van der Waals surface area contributed by atoms with Gasteiger partial charge in [-0.15, -0.1) is 0 Å². The summed E-state index contributed by atoms with van der Waals surface area (Å²) < 4.78 is 0. The third kappa shape index (κ3) is 2.73. The summed E-state index contributed by atoms with van der Waals surface area (Å²) >= 11 is 0. The number of carbonyl (C=O) groups is 1. The van der Waals surface area contributed by atoms with Crippen LogP contribution < -0.4 is 5.73 Å². The normalized spacial score (nSPS) is 13.5. The minimum atomic E-state index is -0.821. The number of rotatable bonds is 3. The number of benzene rings is 2. The van der Waals surface area contributed by atoms with E-state index in [9.17, 15) is 4.79 Å². The standard InChI is InChI=1S/C18H17NO2/c19-11-12-1-3-13(4-2-12)15-7-5-14-6-8-16(18(20)21)10-17(14)9-15/h1-5,7,9-10H,6,8,11,19H2,(H,20,21). The average molecular weight is 279 g/mol. The molecule has 0 bridgehead atoms. The number of nitrogens with two attached hydrogens (primary N) is 1. The highest BCUT2D eigenvalue weighted by atomic mass is 16.4. The van der Waals surface area contributed by atoms with E-state index in [4.69, 9.17) is 10.8 Å². The molecule has 1 aliphatic rings. The van der Waals surface area contributed by atoms with E-state index >= 15 is 0 Å². The van der Waals surface area contributed by atoms with Gasteiger partial charge in [-0.3, -0.25) is 0 Å². The van der Waals surface area contributed by atoms with Crippen molar-refractivity contribution in [2.75, 3.05) is 0 Å². The van der Waals surface area contributed by atoms with Crippen LogP contribution in [0.25, 0.3) is 17.2 Å². The number of hydrogen-bond donors (Lipinski definition) is 2. The van der Waals surface area contributed by atoms with Crippen LogP contribution >= 0.6 is 0 Å².